The van der Waals surface area contributed by atoms with Crippen LogP contribution in [-0.2, 0) is 4.79 Å². The fourth-order valence-electron chi connectivity index (χ4n) is 2.87. The van der Waals surface area contributed by atoms with Crippen LogP contribution in [0.15, 0.2) is 12.4 Å². The summed E-state index contributed by atoms with van der Waals surface area (Å²) in [6.07, 6.45) is 7.44. The van der Waals surface area contributed by atoms with Gasteiger partial charge in [-0.25, -0.2) is 9.97 Å². The molecule has 1 aliphatic rings. The minimum absolute atomic E-state index is 0.00997. The lowest BCUT2D eigenvalue weighted by Gasteiger charge is -2.28. The van der Waals surface area contributed by atoms with Crippen molar-refractivity contribution in [2.75, 3.05) is 13.7 Å². The quantitative estimate of drug-likeness (QED) is 0.728. The average molecular weight is 320 g/mol. The summed E-state index contributed by atoms with van der Waals surface area (Å²) in [6.45, 7) is 0.374. The zero-order valence-corrected chi connectivity index (χ0v) is 13.5. The van der Waals surface area contributed by atoms with Crippen molar-refractivity contribution < 1.29 is 14.3 Å². The number of hydrogen-bond donors (Lipinski definition) is 2. The molecule has 0 saturated heterocycles. The molecule has 0 unspecified atom stereocenters. The molecule has 0 atom stereocenters. The first-order chi connectivity index (χ1) is 11.1. The number of ether oxygens (including phenoxy) is 1. The predicted octanol–water partition coefficient (Wildman–Crippen LogP) is 1.08. The van der Waals surface area contributed by atoms with Gasteiger partial charge in [0.2, 0.25) is 11.8 Å². The van der Waals surface area contributed by atoms with E-state index in [2.05, 4.69) is 15.3 Å². The predicted molar refractivity (Wildman–Crippen MR) is 85.1 cm³/mol. The van der Waals surface area contributed by atoms with E-state index in [9.17, 15) is 9.59 Å². The number of hydrogen-bond acceptors (Lipinski definition) is 6. The van der Waals surface area contributed by atoms with Crippen molar-refractivity contribution in [1.29, 1.82) is 0 Å². The maximum atomic E-state index is 12.2. The van der Waals surface area contributed by atoms with E-state index in [0.717, 1.165) is 25.7 Å². The van der Waals surface area contributed by atoms with Gasteiger partial charge >= 0.3 is 0 Å². The Morgan fingerprint density at radius 1 is 1.26 bits per heavy atom. The van der Waals surface area contributed by atoms with Crippen molar-refractivity contribution in [2.45, 2.75) is 44.6 Å². The number of ketones is 1. The van der Waals surface area contributed by atoms with Crippen LogP contribution in [0.5, 0.6) is 5.88 Å². The lowest BCUT2D eigenvalue weighted by molar-refractivity contribution is -0.121. The van der Waals surface area contributed by atoms with Gasteiger partial charge in [-0.15, -0.1) is 0 Å². The van der Waals surface area contributed by atoms with Gasteiger partial charge in [-0.3, -0.25) is 9.59 Å². The number of rotatable bonds is 7. The molecule has 2 rings (SSSR count). The molecular weight excluding hydrogens is 296 g/mol. The first-order valence-corrected chi connectivity index (χ1v) is 8.01. The minimum Gasteiger partial charge on any atom is -0.480 e. The normalized spacial score (nSPS) is 20.8. The smallest absolute Gasteiger partial charge is 0.232 e. The molecule has 1 heterocycles. The van der Waals surface area contributed by atoms with Crippen LogP contribution in [0.25, 0.3) is 0 Å². The van der Waals surface area contributed by atoms with Crippen LogP contribution < -0.4 is 15.8 Å². The fourth-order valence-corrected chi connectivity index (χ4v) is 2.87. The molecule has 1 amide bonds. The Morgan fingerprint density at radius 3 is 2.57 bits per heavy atom. The zero-order chi connectivity index (χ0) is 16.7. The number of nitrogens with two attached hydrogens (primary N) is 1. The number of carbonyl (C=O) groups excluding carboxylic acids is 2. The molecule has 23 heavy (non-hydrogen) atoms. The molecule has 0 radical (unpaired) electrons. The Balaban J connectivity index is 1.77. The fraction of sp³-hybridized carbons (Fsp3) is 0.625. The number of methoxy groups -OCH3 is 1. The molecule has 7 nitrogen and oxygen atoms in total. The Morgan fingerprint density at radius 2 is 2.00 bits per heavy atom. The Labute approximate surface area is 136 Å². The molecule has 1 saturated carbocycles. The number of carbonyl (C=O) groups is 2. The van der Waals surface area contributed by atoms with Crippen LogP contribution in [0.4, 0.5) is 0 Å². The molecule has 1 aromatic heterocycles. The Kier molecular flexibility index (Phi) is 6.46. The van der Waals surface area contributed by atoms with E-state index in [4.69, 9.17) is 10.5 Å². The third-order valence-corrected chi connectivity index (χ3v) is 4.18. The van der Waals surface area contributed by atoms with Gasteiger partial charge in [0.15, 0.2) is 5.78 Å². The molecule has 0 bridgehead atoms. The van der Waals surface area contributed by atoms with E-state index >= 15 is 0 Å². The lowest BCUT2D eigenvalue weighted by Crippen LogP contribution is -2.38. The van der Waals surface area contributed by atoms with Gasteiger partial charge in [0.1, 0.15) is 5.69 Å². The first kappa shape index (κ1) is 17.3. The highest BCUT2D eigenvalue weighted by atomic mass is 16.5. The van der Waals surface area contributed by atoms with Gasteiger partial charge < -0.3 is 15.8 Å². The highest BCUT2D eigenvalue weighted by Crippen LogP contribution is 2.28. The lowest BCUT2D eigenvalue weighted by atomic mass is 9.83. The Bertz CT molecular complexity index is 525. The van der Waals surface area contributed by atoms with E-state index in [1.165, 1.54) is 19.5 Å². The van der Waals surface area contributed by atoms with Gasteiger partial charge in [-0.1, -0.05) is 0 Å². The second kappa shape index (κ2) is 8.57. The van der Waals surface area contributed by atoms with Crippen LogP contribution >= 0.6 is 0 Å². The molecule has 0 aromatic carbocycles. The van der Waals surface area contributed by atoms with Gasteiger partial charge in [-0.05, 0) is 31.6 Å². The first-order valence-electron chi connectivity index (χ1n) is 8.01. The van der Waals surface area contributed by atoms with E-state index in [-0.39, 0.29) is 17.7 Å². The van der Waals surface area contributed by atoms with Crippen molar-refractivity contribution in [3.05, 3.63) is 18.1 Å². The average Bonchev–Trinajstić information content (AvgIpc) is 2.57. The monoisotopic (exact) mass is 320 g/mol. The third kappa shape index (κ3) is 5.28. The molecule has 1 aliphatic carbocycles. The summed E-state index contributed by atoms with van der Waals surface area (Å²) in [4.78, 5) is 31.9. The molecule has 0 aliphatic heterocycles. The topological polar surface area (TPSA) is 107 Å². The van der Waals surface area contributed by atoms with Gasteiger partial charge in [0.05, 0.1) is 19.5 Å². The standard InChI is InChI=1S/C16H24N4O3/c1-23-16-10-18-13(9-19-16)14(21)8-11-2-4-12(5-3-11)20-15(22)6-7-17/h9-12H,2-8,17H2,1H3,(H,20,22). The number of aromatic nitrogens is 2. The third-order valence-electron chi connectivity index (χ3n) is 4.18. The maximum Gasteiger partial charge on any atom is 0.232 e. The molecule has 7 heteroatoms. The van der Waals surface area contributed by atoms with Gasteiger partial charge in [-0.2, -0.15) is 0 Å². The molecule has 0 spiro atoms. The second-order valence-electron chi connectivity index (χ2n) is 5.90. The van der Waals surface area contributed by atoms with Crippen LogP contribution in [0.2, 0.25) is 0 Å². The molecule has 3 N–H and O–H groups in total. The summed E-state index contributed by atoms with van der Waals surface area (Å²) >= 11 is 0. The maximum absolute atomic E-state index is 12.2. The number of Topliss-reactive ketones (excluding diaryl/α,β-unsaturated/α-hetero) is 1. The molecule has 126 valence electrons. The largest absolute Gasteiger partial charge is 0.480 e. The van der Waals surface area contributed by atoms with E-state index in [1.807, 2.05) is 0 Å². The van der Waals surface area contributed by atoms with E-state index < -0.39 is 0 Å². The molecule has 1 fully saturated rings. The highest BCUT2D eigenvalue weighted by Gasteiger charge is 2.24. The SMILES string of the molecule is COc1cnc(C(=O)CC2CCC(NC(=O)CCN)CC2)cn1. The minimum atomic E-state index is 0.00997. The van der Waals surface area contributed by atoms with Crippen LogP contribution in [-0.4, -0.2) is 41.4 Å². The highest BCUT2D eigenvalue weighted by molar-refractivity contribution is 5.94. The summed E-state index contributed by atoms with van der Waals surface area (Å²) in [5.74, 6) is 0.764. The van der Waals surface area contributed by atoms with E-state index in [0.29, 0.717) is 36.9 Å². The van der Waals surface area contributed by atoms with Gasteiger partial charge in [0.25, 0.3) is 0 Å². The van der Waals surface area contributed by atoms with Crippen molar-refractivity contribution in [3.8, 4) is 5.88 Å². The van der Waals surface area contributed by atoms with Crippen molar-refractivity contribution in [1.82, 2.24) is 15.3 Å². The van der Waals surface area contributed by atoms with Gasteiger partial charge in [0, 0.05) is 25.4 Å². The van der Waals surface area contributed by atoms with Crippen LogP contribution in [0.1, 0.15) is 49.0 Å². The van der Waals surface area contributed by atoms with Crippen molar-refractivity contribution in [2.24, 2.45) is 11.7 Å². The van der Waals surface area contributed by atoms with Crippen molar-refractivity contribution in [3.63, 3.8) is 0 Å². The molecule has 1 aromatic rings. The van der Waals surface area contributed by atoms with Crippen LogP contribution in [0, 0.1) is 5.92 Å². The van der Waals surface area contributed by atoms with Crippen LogP contribution in [0.3, 0.4) is 0 Å². The summed E-state index contributed by atoms with van der Waals surface area (Å²) < 4.78 is 4.93. The summed E-state index contributed by atoms with van der Waals surface area (Å²) in [5, 5.41) is 3.00. The number of amides is 1. The summed E-state index contributed by atoms with van der Waals surface area (Å²) in [7, 11) is 1.51. The van der Waals surface area contributed by atoms with Crippen molar-refractivity contribution >= 4 is 11.7 Å². The summed E-state index contributed by atoms with van der Waals surface area (Å²) in [5.41, 5.74) is 5.75. The van der Waals surface area contributed by atoms with E-state index in [1.54, 1.807) is 0 Å². The Hall–Kier alpha value is -2.02. The number of nitrogens with zero attached hydrogens (tertiary/aromatic N) is 2. The number of nitrogens with one attached hydrogen (secondary N) is 1. The summed E-state index contributed by atoms with van der Waals surface area (Å²) in [6, 6.07) is 0.209. The molecular formula is C16H24N4O3. The zero-order valence-electron chi connectivity index (χ0n) is 13.5. The second-order valence-corrected chi connectivity index (χ2v) is 5.90.